The summed E-state index contributed by atoms with van der Waals surface area (Å²) < 4.78 is 0. The fourth-order valence-corrected chi connectivity index (χ4v) is 6.06. The van der Waals surface area contributed by atoms with Gasteiger partial charge in [0.2, 0.25) is 0 Å². The lowest BCUT2D eigenvalue weighted by molar-refractivity contribution is 0.0702. The van der Waals surface area contributed by atoms with E-state index in [0.717, 1.165) is 11.3 Å². The van der Waals surface area contributed by atoms with Crippen molar-refractivity contribution in [2.45, 2.75) is 0 Å². The molecule has 1 heterocycles. The highest BCUT2D eigenvalue weighted by Crippen LogP contribution is 2.52. The minimum Gasteiger partial charge on any atom is -0.477 e. The van der Waals surface area contributed by atoms with Crippen LogP contribution in [0.3, 0.4) is 0 Å². The number of hydrogen-bond acceptors (Lipinski definition) is 3. The van der Waals surface area contributed by atoms with Crippen LogP contribution in [0.15, 0.2) is 0 Å². The quantitative estimate of drug-likeness (QED) is 0.233. The number of aromatic carboxylic acids is 1. The smallest absolute Gasteiger partial charge is 0.348 e. The zero-order chi connectivity index (χ0) is 22.7. The fraction of sp³-hybridized carbons (Fsp3) is 0. The number of hydrogen-bond donors (Lipinski definition) is 1. The number of rotatable bonds is 3. The third-order valence-corrected chi connectivity index (χ3v) is 9.31. The van der Waals surface area contributed by atoms with Crippen molar-refractivity contribution in [3.63, 3.8) is 0 Å². The van der Waals surface area contributed by atoms with Gasteiger partial charge in [-0.05, 0) is 0 Å². The predicted molar refractivity (Wildman–Crippen MR) is 130 cm³/mol. The molecule has 0 radical (unpaired) electrons. The van der Waals surface area contributed by atoms with Gasteiger partial charge in [0.05, 0.1) is 61.5 Å². The SMILES string of the molecule is O=C(O)c1sc(-c2c(Cl)c(Cl)c(Cl)c(Cl)c2Cl)nc1-c1c(Cl)c(Cl)c(Cl)c(Cl)c1Cl. The lowest BCUT2D eigenvalue weighted by Crippen LogP contribution is -1.97. The van der Waals surface area contributed by atoms with Crippen LogP contribution in [0.5, 0.6) is 0 Å². The second-order valence-corrected chi connectivity index (χ2v) is 10.2. The van der Waals surface area contributed by atoms with Crippen LogP contribution in [0.1, 0.15) is 9.67 Å². The van der Waals surface area contributed by atoms with Gasteiger partial charge in [-0.3, -0.25) is 0 Å². The second-order valence-electron chi connectivity index (χ2n) is 5.39. The van der Waals surface area contributed by atoms with E-state index < -0.39 is 5.97 Å². The third kappa shape index (κ3) is 4.08. The molecule has 0 bridgehead atoms. The molecule has 0 saturated heterocycles. The van der Waals surface area contributed by atoms with Crippen LogP contribution < -0.4 is 0 Å². The molecule has 0 fully saturated rings. The van der Waals surface area contributed by atoms with Crippen molar-refractivity contribution in [2.75, 3.05) is 0 Å². The summed E-state index contributed by atoms with van der Waals surface area (Å²) in [5.41, 5.74) is -0.0850. The zero-order valence-electron chi connectivity index (χ0n) is 13.5. The van der Waals surface area contributed by atoms with E-state index in [1.807, 2.05) is 0 Å². The lowest BCUT2D eigenvalue weighted by atomic mass is 10.1. The summed E-state index contributed by atoms with van der Waals surface area (Å²) in [5.74, 6) is -1.33. The molecule has 14 heteroatoms. The van der Waals surface area contributed by atoms with Gasteiger partial charge in [-0.2, -0.15) is 0 Å². The Morgan fingerprint density at radius 1 is 0.600 bits per heavy atom. The largest absolute Gasteiger partial charge is 0.477 e. The number of carbonyl (C=O) groups is 1. The molecule has 1 aromatic heterocycles. The van der Waals surface area contributed by atoms with Crippen LogP contribution in [-0.4, -0.2) is 16.1 Å². The summed E-state index contributed by atoms with van der Waals surface area (Å²) in [4.78, 5) is 16.0. The third-order valence-electron chi connectivity index (χ3n) is 3.69. The number of halogens is 10. The number of benzene rings is 2. The number of thiazole rings is 1. The van der Waals surface area contributed by atoms with E-state index in [-0.39, 0.29) is 76.9 Å². The molecule has 30 heavy (non-hydrogen) atoms. The maximum absolute atomic E-state index is 11.9. The summed E-state index contributed by atoms with van der Waals surface area (Å²) in [5, 5.41) is 8.79. The van der Waals surface area contributed by atoms with Crippen LogP contribution in [0, 0.1) is 0 Å². The molecule has 3 nitrogen and oxygen atoms in total. The van der Waals surface area contributed by atoms with Gasteiger partial charge >= 0.3 is 5.97 Å². The molecule has 2 aromatic carbocycles. The summed E-state index contributed by atoms with van der Waals surface area (Å²) in [6, 6.07) is 0. The van der Waals surface area contributed by atoms with Gasteiger partial charge < -0.3 is 5.11 Å². The van der Waals surface area contributed by atoms with Crippen LogP contribution in [0.4, 0.5) is 0 Å². The highest BCUT2D eigenvalue weighted by atomic mass is 35.5. The Labute approximate surface area is 223 Å². The topological polar surface area (TPSA) is 50.2 Å². The van der Waals surface area contributed by atoms with Gasteiger partial charge in [-0.1, -0.05) is 116 Å². The summed E-state index contributed by atoms with van der Waals surface area (Å²) in [6.45, 7) is 0. The van der Waals surface area contributed by atoms with Crippen molar-refractivity contribution >= 4 is 133 Å². The van der Waals surface area contributed by atoms with Gasteiger partial charge in [-0.25, -0.2) is 9.78 Å². The van der Waals surface area contributed by atoms with Crippen molar-refractivity contribution in [2.24, 2.45) is 0 Å². The van der Waals surface area contributed by atoms with E-state index >= 15 is 0 Å². The first-order chi connectivity index (χ1) is 13.9. The molecule has 0 aliphatic carbocycles. The highest BCUT2D eigenvalue weighted by molar-refractivity contribution is 7.17. The van der Waals surface area contributed by atoms with E-state index in [0.29, 0.717) is 0 Å². The Morgan fingerprint density at radius 2 is 0.933 bits per heavy atom. The Hall–Kier alpha value is 0.440. The first-order valence-corrected chi connectivity index (χ1v) is 11.8. The average Bonchev–Trinajstić information content (AvgIpc) is 3.13. The minimum atomic E-state index is -1.33. The van der Waals surface area contributed by atoms with Gasteiger partial charge in [0.15, 0.2) is 0 Å². The minimum absolute atomic E-state index is 0.0314. The lowest BCUT2D eigenvalue weighted by Gasteiger charge is -2.12. The molecule has 3 aromatic rings. The van der Waals surface area contributed by atoms with E-state index in [1.54, 1.807) is 0 Å². The van der Waals surface area contributed by atoms with E-state index in [2.05, 4.69) is 4.98 Å². The number of carboxylic acids is 1. The first kappa shape index (κ1) is 25.1. The summed E-state index contributed by atoms with van der Waals surface area (Å²) in [6.07, 6.45) is 0. The zero-order valence-corrected chi connectivity index (χ0v) is 21.9. The fourth-order valence-electron chi connectivity index (χ4n) is 2.35. The van der Waals surface area contributed by atoms with Crippen LogP contribution in [-0.2, 0) is 0 Å². The van der Waals surface area contributed by atoms with Crippen LogP contribution in [0.2, 0.25) is 50.2 Å². The molecule has 3 rings (SSSR count). The van der Waals surface area contributed by atoms with E-state index in [1.165, 1.54) is 0 Å². The van der Waals surface area contributed by atoms with Gasteiger partial charge in [0.25, 0.3) is 0 Å². The summed E-state index contributed by atoms with van der Waals surface area (Å²) >= 11 is 62.3. The monoisotopic (exact) mass is 621 g/mol. The Balaban J connectivity index is 2.41. The van der Waals surface area contributed by atoms with E-state index in [4.69, 9.17) is 116 Å². The summed E-state index contributed by atoms with van der Waals surface area (Å²) in [7, 11) is 0. The van der Waals surface area contributed by atoms with Gasteiger partial charge in [-0.15, -0.1) is 11.3 Å². The maximum Gasteiger partial charge on any atom is 0.348 e. The molecule has 1 N–H and O–H groups in total. The molecule has 0 amide bonds. The maximum atomic E-state index is 11.9. The Morgan fingerprint density at radius 3 is 1.30 bits per heavy atom. The molecular weight excluding hydrogens is 625 g/mol. The highest BCUT2D eigenvalue weighted by Gasteiger charge is 2.30. The normalized spacial score (nSPS) is 11.3. The number of carboxylic acid groups (broad SMARTS) is 1. The van der Waals surface area contributed by atoms with Crippen LogP contribution in [0.25, 0.3) is 21.8 Å². The molecular formula is C16HCl10NO2S. The van der Waals surface area contributed by atoms with Gasteiger partial charge in [0.1, 0.15) is 9.88 Å². The number of nitrogens with zero attached hydrogens (tertiary/aromatic N) is 1. The Kier molecular flexibility index (Phi) is 7.82. The number of aromatic nitrogens is 1. The van der Waals surface area contributed by atoms with Crippen molar-refractivity contribution in [3.8, 4) is 21.8 Å². The second kappa shape index (κ2) is 9.36. The van der Waals surface area contributed by atoms with Crippen molar-refractivity contribution < 1.29 is 9.90 Å². The molecule has 0 aliphatic heterocycles. The van der Waals surface area contributed by atoms with Crippen molar-refractivity contribution in [1.82, 2.24) is 4.98 Å². The standard InChI is InChI=1S/C16HCl10NO2S/c17-3-1(4(18)8(22)11(25)7(3)21)13-14(16(28)29)30-15(27-13)2-5(19)9(23)12(26)10(24)6(2)20/h(H,28,29). The Bertz CT molecular complexity index is 1180. The molecule has 158 valence electrons. The van der Waals surface area contributed by atoms with Crippen molar-refractivity contribution in [1.29, 1.82) is 0 Å². The molecule has 0 atom stereocenters. The molecule has 0 saturated carbocycles. The molecule has 0 aliphatic rings. The average molecular weight is 626 g/mol. The van der Waals surface area contributed by atoms with Crippen molar-refractivity contribution in [3.05, 3.63) is 55.1 Å². The first-order valence-electron chi connectivity index (χ1n) is 7.17. The van der Waals surface area contributed by atoms with Crippen LogP contribution >= 0.6 is 127 Å². The predicted octanol–water partition coefficient (Wildman–Crippen LogP) is 10.7. The van der Waals surface area contributed by atoms with E-state index in [9.17, 15) is 9.90 Å². The molecule has 0 spiro atoms. The van der Waals surface area contributed by atoms with Gasteiger partial charge in [0, 0.05) is 5.56 Å². The molecule has 0 unspecified atom stereocenters.